The maximum atomic E-state index is 13.9. The average molecular weight is 392 g/mol. The Balaban J connectivity index is 1.55. The average Bonchev–Trinajstić information content (AvgIpc) is 2.91. The van der Waals surface area contributed by atoms with Gasteiger partial charge in [-0.05, 0) is 23.6 Å². The summed E-state index contributed by atoms with van der Waals surface area (Å²) in [6.45, 7) is 0.495. The first kappa shape index (κ1) is 18.9. The minimum absolute atomic E-state index is 0.185. The van der Waals surface area contributed by atoms with E-state index < -0.39 is 23.9 Å². The van der Waals surface area contributed by atoms with Crippen molar-refractivity contribution < 1.29 is 23.2 Å². The number of amides is 3. The smallest absolute Gasteiger partial charge is 0.262 e. The van der Waals surface area contributed by atoms with E-state index in [4.69, 9.17) is 5.73 Å². The lowest BCUT2D eigenvalue weighted by Crippen LogP contribution is -2.52. The van der Waals surface area contributed by atoms with Crippen molar-refractivity contribution in [2.24, 2.45) is 5.73 Å². The van der Waals surface area contributed by atoms with Gasteiger partial charge in [-0.2, -0.15) is 0 Å². The van der Waals surface area contributed by atoms with Crippen LogP contribution in [0.25, 0.3) is 0 Å². The van der Waals surface area contributed by atoms with Gasteiger partial charge >= 0.3 is 0 Å². The first-order valence-electron chi connectivity index (χ1n) is 9.35. The normalized spacial score (nSPS) is 27.7. The van der Waals surface area contributed by atoms with Crippen LogP contribution in [-0.4, -0.2) is 58.6 Å². The number of imide groups is 1. The lowest BCUT2D eigenvalue weighted by atomic mass is 9.99. The van der Waals surface area contributed by atoms with Gasteiger partial charge in [-0.3, -0.25) is 24.6 Å². The van der Waals surface area contributed by atoms with Crippen molar-refractivity contribution in [2.45, 2.75) is 50.4 Å². The molecule has 150 valence electrons. The molecule has 2 fully saturated rings. The number of benzene rings is 1. The predicted molar refractivity (Wildman–Crippen MR) is 95.3 cm³/mol. The zero-order valence-corrected chi connectivity index (χ0v) is 15.3. The Kier molecular flexibility index (Phi) is 4.67. The highest BCUT2D eigenvalue weighted by Gasteiger charge is 2.41. The van der Waals surface area contributed by atoms with E-state index in [1.54, 1.807) is 17.0 Å². The molecule has 3 N–H and O–H groups in total. The Morgan fingerprint density at radius 2 is 2.04 bits per heavy atom. The number of fused-ring (bicyclic) bond motifs is 1. The molecule has 3 heterocycles. The quantitative estimate of drug-likeness (QED) is 0.735. The van der Waals surface area contributed by atoms with E-state index in [2.05, 4.69) is 5.32 Å². The molecule has 0 radical (unpaired) electrons. The highest BCUT2D eigenvalue weighted by molar-refractivity contribution is 6.05. The monoisotopic (exact) mass is 392 g/mol. The first-order valence-corrected chi connectivity index (χ1v) is 9.35. The fraction of sp³-hybridized carbons (Fsp3) is 0.526. The van der Waals surface area contributed by atoms with Crippen LogP contribution in [0.1, 0.15) is 40.7 Å². The van der Waals surface area contributed by atoms with Crippen molar-refractivity contribution in [3.8, 4) is 0 Å². The molecule has 0 aliphatic carbocycles. The molecular formula is C19H22F2N4O3. The van der Waals surface area contributed by atoms with Crippen LogP contribution < -0.4 is 11.1 Å². The molecule has 0 bridgehead atoms. The van der Waals surface area contributed by atoms with E-state index in [9.17, 15) is 23.2 Å². The van der Waals surface area contributed by atoms with Gasteiger partial charge in [-0.25, -0.2) is 8.78 Å². The number of nitrogens with two attached hydrogens (primary N) is 1. The third-order valence-electron chi connectivity index (χ3n) is 5.58. The molecule has 9 heteroatoms. The summed E-state index contributed by atoms with van der Waals surface area (Å²) in [4.78, 5) is 39.5. The summed E-state index contributed by atoms with van der Waals surface area (Å²) in [6.07, 6.45) is 0.148. The molecule has 7 nitrogen and oxygen atoms in total. The molecule has 4 rings (SSSR count). The van der Waals surface area contributed by atoms with E-state index in [0.717, 1.165) is 11.1 Å². The molecule has 1 aromatic rings. The third kappa shape index (κ3) is 3.51. The van der Waals surface area contributed by atoms with E-state index >= 15 is 0 Å². The number of carbonyl (C=O) groups is 3. The van der Waals surface area contributed by atoms with Gasteiger partial charge in [-0.15, -0.1) is 0 Å². The molecular weight excluding hydrogens is 370 g/mol. The molecule has 3 aliphatic heterocycles. The van der Waals surface area contributed by atoms with Crippen molar-refractivity contribution in [3.63, 3.8) is 0 Å². The van der Waals surface area contributed by atoms with E-state index in [1.165, 1.54) is 4.90 Å². The summed E-state index contributed by atoms with van der Waals surface area (Å²) in [5.41, 5.74) is 7.79. The summed E-state index contributed by atoms with van der Waals surface area (Å²) < 4.78 is 27.7. The molecule has 28 heavy (non-hydrogen) atoms. The third-order valence-corrected chi connectivity index (χ3v) is 5.58. The lowest BCUT2D eigenvalue weighted by Gasteiger charge is -2.36. The first-order chi connectivity index (χ1) is 13.2. The Bertz CT molecular complexity index is 844. The number of carbonyl (C=O) groups excluding carboxylic acids is 3. The maximum absolute atomic E-state index is 13.9. The minimum atomic E-state index is -2.83. The fourth-order valence-corrected chi connectivity index (χ4v) is 4.40. The molecule has 1 aromatic carbocycles. The van der Waals surface area contributed by atoms with Gasteiger partial charge in [0.1, 0.15) is 6.04 Å². The van der Waals surface area contributed by atoms with Gasteiger partial charge in [0.05, 0.1) is 6.54 Å². The summed E-state index contributed by atoms with van der Waals surface area (Å²) in [5.74, 6) is -3.91. The topological polar surface area (TPSA) is 95.7 Å². The molecule has 2 saturated heterocycles. The summed E-state index contributed by atoms with van der Waals surface area (Å²) >= 11 is 0. The molecule has 2 unspecified atom stereocenters. The zero-order valence-electron chi connectivity index (χ0n) is 15.3. The summed E-state index contributed by atoms with van der Waals surface area (Å²) in [6, 6.07) is 3.93. The van der Waals surface area contributed by atoms with Crippen LogP contribution >= 0.6 is 0 Å². The number of alkyl halides is 2. The second kappa shape index (κ2) is 6.89. The fourth-order valence-electron chi connectivity index (χ4n) is 4.40. The van der Waals surface area contributed by atoms with Crippen molar-refractivity contribution in [2.75, 3.05) is 13.1 Å². The molecule has 2 atom stereocenters. The molecule has 0 aromatic heterocycles. The zero-order chi connectivity index (χ0) is 20.1. The summed E-state index contributed by atoms with van der Waals surface area (Å²) in [5, 5.41) is 2.27. The van der Waals surface area contributed by atoms with Gasteiger partial charge in [-0.1, -0.05) is 12.1 Å². The SMILES string of the molecule is NC1CN(Cc2cccc3c2CN(C2CCC(=O)NC2=O)C3=O)CC(F)(F)C1. The van der Waals surface area contributed by atoms with Crippen molar-refractivity contribution in [3.05, 3.63) is 34.9 Å². The highest BCUT2D eigenvalue weighted by Crippen LogP contribution is 2.32. The molecule has 3 aliphatic rings. The number of piperidine rings is 2. The van der Waals surface area contributed by atoms with Gasteiger partial charge in [0.25, 0.3) is 11.8 Å². The summed E-state index contributed by atoms with van der Waals surface area (Å²) in [7, 11) is 0. The second-order valence-corrected chi connectivity index (χ2v) is 7.83. The predicted octanol–water partition coefficient (Wildman–Crippen LogP) is 0.616. The van der Waals surface area contributed by atoms with Gasteiger partial charge < -0.3 is 10.6 Å². The van der Waals surface area contributed by atoms with Crippen LogP contribution in [0, 0.1) is 0 Å². The Hall–Kier alpha value is -2.39. The van der Waals surface area contributed by atoms with Crippen LogP contribution in [0.2, 0.25) is 0 Å². The number of hydrogen-bond donors (Lipinski definition) is 2. The molecule has 0 spiro atoms. The van der Waals surface area contributed by atoms with E-state index in [0.29, 0.717) is 12.1 Å². The van der Waals surface area contributed by atoms with Crippen molar-refractivity contribution in [1.82, 2.24) is 15.1 Å². The van der Waals surface area contributed by atoms with Crippen molar-refractivity contribution in [1.29, 1.82) is 0 Å². The number of halogens is 2. The Labute approximate surface area is 160 Å². The minimum Gasteiger partial charge on any atom is -0.326 e. The number of nitrogens with one attached hydrogen (secondary N) is 1. The molecule has 0 saturated carbocycles. The van der Waals surface area contributed by atoms with Gasteiger partial charge in [0.2, 0.25) is 11.8 Å². The number of nitrogens with zero attached hydrogens (tertiary/aromatic N) is 2. The largest absolute Gasteiger partial charge is 0.326 e. The van der Waals surface area contributed by atoms with Crippen LogP contribution in [0.3, 0.4) is 0 Å². The number of rotatable bonds is 3. The maximum Gasteiger partial charge on any atom is 0.262 e. The lowest BCUT2D eigenvalue weighted by molar-refractivity contribution is -0.136. The van der Waals surface area contributed by atoms with Gasteiger partial charge in [0.15, 0.2) is 0 Å². The van der Waals surface area contributed by atoms with Crippen LogP contribution in [-0.2, 0) is 22.7 Å². The van der Waals surface area contributed by atoms with E-state index in [-0.39, 0.29) is 50.7 Å². The number of hydrogen-bond acceptors (Lipinski definition) is 5. The Morgan fingerprint density at radius 1 is 1.25 bits per heavy atom. The van der Waals surface area contributed by atoms with Gasteiger partial charge in [0, 0.05) is 44.1 Å². The van der Waals surface area contributed by atoms with Crippen LogP contribution in [0.5, 0.6) is 0 Å². The molecule has 3 amide bonds. The second-order valence-electron chi connectivity index (χ2n) is 7.83. The standard InChI is InChI=1S/C19H22F2N4O3/c20-19(21)6-12(22)8-24(10-19)7-11-2-1-3-13-14(11)9-25(18(13)28)15-4-5-16(26)23-17(15)27/h1-3,12,15H,4-10,22H2,(H,23,26,27). The van der Waals surface area contributed by atoms with Crippen LogP contribution in [0.15, 0.2) is 18.2 Å². The number of likely N-dealkylation sites (tertiary alicyclic amines) is 1. The highest BCUT2D eigenvalue weighted by atomic mass is 19.3. The van der Waals surface area contributed by atoms with Crippen LogP contribution in [0.4, 0.5) is 8.78 Å². The van der Waals surface area contributed by atoms with E-state index in [1.807, 2.05) is 6.07 Å². The Morgan fingerprint density at radius 3 is 2.75 bits per heavy atom. The van der Waals surface area contributed by atoms with Crippen molar-refractivity contribution >= 4 is 17.7 Å².